The zero-order chi connectivity index (χ0) is 13.7. The predicted octanol–water partition coefficient (Wildman–Crippen LogP) is 0.759. The lowest BCUT2D eigenvalue weighted by Crippen LogP contribution is -2.39. The molecule has 1 N–H and O–H groups in total. The second-order valence-corrected chi connectivity index (χ2v) is 4.58. The van der Waals surface area contributed by atoms with E-state index < -0.39 is 0 Å². The second kappa shape index (κ2) is 6.33. The van der Waals surface area contributed by atoms with Crippen molar-refractivity contribution in [2.45, 2.75) is 38.8 Å². The summed E-state index contributed by atoms with van der Waals surface area (Å²) in [7, 11) is 1.78. The number of carbonyl (C=O) groups is 2. The van der Waals surface area contributed by atoms with E-state index in [2.05, 4.69) is 17.0 Å². The van der Waals surface area contributed by atoms with Crippen molar-refractivity contribution in [2.75, 3.05) is 13.6 Å². The number of hydrogen-bond acceptors (Lipinski definition) is 3. The minimum atomic E-state index is -0.295. The van der Waals surface area contributed by atoms with Crippen LogP contribution in [0.5, 0.6) is 0 Å². The minimum absolute atomic E-state index is 0.0340. The van der Waals surface area contributed by atoms with Crippen molar-refractivity contribution in [1.82, 2.24) is 10.2 Å². The average Bonchev–Trinajstić information content (AvgIpc) is 2.32. The van der Waals surface area contributed by atoms with E-state index in [0.717, 1.165) is 12.0 Å². The van der Waals surface area contributed by atoms with Crippen LogP contribution in [-0.2, 0) is 9.59 Å². The van der Waals surface area contributed by atoms with Gasteiger partial charge in [0.15, 0.2) is 0 Å². The van der Waals surface area contributed by atoms with Gasteiger partial charge in [0.1, 0.15) is 0 Å². The zero-order valence-electron chi connectivity index (χ0n) is 11.3. The van der Waals surface area contributed by atoms with Crippen LogP contribution in [0.4, 0.5) is 0 Å². The van der Waals surface area contributed by atoms with E-state index in [9.17, 15) is 9.59 Å². The molecule has 0 saturated heterocycles. The number of nitrogens with zero attached hydrogens (tertiary/aromatic N) is 2. The quantitative estimate of drug-likeness (QED) is 0.733. The first kappa shape index (κ1) is 14.4. The van der Waals surface area contributed by atoms with Crippen molar-refractivity contribution >= 4 is 18.5 Å². The molecule has 5 nitrogen and oxygen atoms in total. The lowest BCUT2D eigenvalue weighted by Gasteiger charge is -2.31. The van der Waals surface area contributed by atoms with Crippen molar-refractivity contribution in [2.24, 2.45) is 4.99 Å². The maximum Gasteiger partial charge on any atom is 0.246 e. The van der Waals surface area contributed by atoms with Gasteiger partial charge in [0.2, 0.25) is 11.8 Å². The smallest absolute Gasteiger partial charge is 0.246 e. The van der Waals surface area contributed by atoms with Crippen molar-refractivity contribution in [3.63, 3.8) is 0 Å². The van der Waals surface area contributed by atoms with Crippen LogP contribution >= 0.6 is 0 Å². The highest BCUT2D eigenvalue weighted by Gasteiger charge is 2.26. The second-order valence-electron chi connectivity index (χ2n) is 4.58. The number of carbonyl (C=O) groups excluding carboxylic acids is 2. The number of aliphatic imine (C=N–C) groups is 1. The summed E-state index contributed by atoms with van der Waals surface area (Å²) in [4.78, 5) is 29.0. The van der Waals surface area contributed by atoms with Gasteiger partial charge in [-0.15, -0.1) is 0 Å². The van der Waals surface area contributed by atoms with Crippen LogP contribution < -0.4 is 5.32 Å². The summed E-state index contributed by atoms with van der Waals surface area (Å²) in [6.07, 6.45) is 2.58. The summed E-state index contributed by atoms with van der Waals surface area (Å²) in [5.74, 6) is -0.0943. The Labute approximate surface area is 108 Å². The van der Waals surface area contributed by atoms with Crippen molar-refractivity contribution in [3.05, 3.63) is 11.6 Å². The van der Waals surface area contributed by atoms with Crippen LogP contribution in [0, 0.1) is 0 Å². The molecule has 1 unspecified atom stereocenters. The third-order valence-corrected chi connectivity index (χ3v) is 3.25. The van der Waals surface area contributed by atoms with E-state index in [0.29, 0.717) is 6.54 Å². The summed E-state index contributed by atoms with van der Waals surface area (Å²) < 4.78 is 0. The first-order valence-corrected chi connectivity index (χ1v) is 6.19. The van der Waals surface area contributed by atoms with E-state index in [1.54, 1.807) is 18.0 Å². The minimum Gasteiger partial charge on any atom is -0.356 e. The molecule has 1 rings (SSSR count). The lowest BCUT2D eigenvalue weighted by molar-refractivity contribution is -0.127. The average molecular weight is 251 g/mol. The molecule has 1 aliphatic heterocycles. The first-order chi connectivity index (χ1) is 8.49. The third kappa shape index (κ3) is 3.42. The van der Waals surface area contributed by atoms with E-state index in [4.69, 9.17) is 0 Å². The summed E-state index contributed by atoms with van der Waals surface area (Å²) in [6, 6.07) is -0.160. The van der Waals surface area contributed by atoms with Crippen LogP contribution in [0.2, 0.25) is 0 Å². The Kier molecular flexibility index (Phi) is 5.07. The Morgan fingerprint density at radius 2 is 2.39 bits per heavy atom. The molecule has 2 atom stereocenters. The molecule has 0 saturated carbocycles. The standard InChI is InChI=1S/C13H21N3O2/c1-5-15-12(17)8-11(14-3)10-6-9(2)16(4)13(18)7-10/h7,9,11H,3,5-6,8H2,1-2,4H3,(H,15,17)/t9?,11-/m0/s1. The number of likely N-dealkylation sites (N-methyl/N-ethyl adjacent to an activating group) is 1. The number of hydrogen-bond donors (Lipinski definition) is 1. The van der Waals surface area contributed by atoms with E-state index in [-0.39, 0.29) is 30.3 Å². The third-order valence-electron chi connectivity index (χ3n) is 3.25. The van der Waals surface area contributed by atoms with E-state index >= 15 is 0 Å². The Bertz CT molecular complexity index is 376. The molecule has 2 amide bonds. The van der Waals surface area contributed by atoms with Gasteiger partial charge in [-0.2, -0.15) is 0 Å². The Hall–Kier alpha value is -1.65. The summed E-state index contributed by atoms with van der Waals surface area (Å²) in [5.41, 5.74) is 0.895. The summed E-state index contributed by atoms with van der Waals surface area (Å²) in [5, 5.41) is 2.73. The molecule has 18 heavy (non-hydrogen) atoms. The molecule has 0 aliphatic carbocycles. The number of nitrogens with one attached hydrogen (secondary N) is 1. The SMILES string of the molecule is C=N[C@@H](CC(=O)NCC)C1=CC(=O)N(C)C(C)C1. The molecule has 0 aromatic heterocycles. The molecule has 0 spiro atoms. The highest BCUT2D eigenvalue weighted by Crippen LogP contribution is 2.23. The molecule has 0 aromatic carbocycles. The van der Waals surface area contributed by atoms with Gasteiger partial charge in [0.05, 0.1) is 12.5 Å². The van der Waals surface area contributed by atoms with E-state index in [1.165, 1.54) is 0 Å². The molecule has 100 valence electrons. The first-order valence-electron chi connectivity index (χ1n) is 6.19. The van der Waals surface area contributed by atoms with Crippen molar-refractivity contribution in [1.29, 1.82) is 0 Å². The van der Waals surface area contributed by atoms with Crippen LogP contribution in [-0.4, -0.2) is 49.1 Å². The fourth-order valence-electron chi connectivity index (χ4n) is 2.00. The largest absolute Gasteiger partial charge is 0.356 e. The Morgan fingerprint density at radius 3 is 2.89 bits per heavy atom. The van der Waals surface area contributed by atoms with Gasteiger partial charge < -0.3 is 10.2 Å². The van der Waals surface area contributed by atoms with Crippen LogP contribution in [0.3, 0.4) is 0 Å². The highest BCUT2D eigenvalue weighted by molar-refractivity contribution is 5.90. The number of amides is 2. The van der Waals surface area contributed by atoms with Crippen LogP contribution in [0.25, 0.3) is 0 Å². The molecule has 1 aliphatic rings. The highest BCUT2D eigenvalue weighted by atomic mass is 16.2. The molecule has 1 heterocycles. The fourth-order valence-corrected chi connectivity index (χ4v) is 2.00. The van der Waals surface area contributed by atoms with Gasteiger partial charge >= 0.3 is 0 Å². The monoisotopic (exact) mass is 251 g/mol. The van der Waals surface area contributed by atoms with Gasteiger partial charge in [0, 0.05) is 25.7 Å². The molecule has 0 radical (unpaired) electrons. The normalized spacial score (nSPS) is 21.3. The molecule has 0 bridgehead atoms. The molecular weight excluding hydrogens is 230 g/mol. The van der Waals surface area contributed by atoms with Crippen molar-refractivity contribution < 1.29 is 9.59 Å². The van der Waals surface area contributed by atoms with Gasteiger partial charge in [-0.3, -0.25) is 14.6 Å². The van der Waals surface area contributed by atoms with Gasteiger partial charge in [0.25, 0.3) is 0 Å². The predicted molar refractivity (Wildman–Crippen MR) is 71.6 cm³/mol. The maximum absolute atomic E-state index is 11.7. The molecule has 0 aromatic rings. The van der Waals surface area contributed by atoms with Crippen LogP contribution in [0.15, 0.2) is 16.6 Å². The number of rotatable bonds is 5. The molecule has 0 fully saturated rings. The summed E-state index contributed by atoms with van der Waals surface area (Å²) in [6.45, 7) is 7.97. The van der Waals surface area contributed by atoms with Gasteiger partial charge in [-0.05, 0) is 32.6 Å². The molecular formula is C13H21N3O2. The maximum atomic E-state index is 11.7. The van der Waals surface area contributed by atoms with Crippen molar-refractivity contribution in [3.8, 4) is 0 Å². The summed E-state index contributed by atoms with van der Waals surface area (Å²) >= 11 is 0. The fraction of sp³-hybridized carbons (Fsp3) is 0.615. The zero-order valence-corrected chi connectivity index (χ0v) is 11.3. The van der Waals surface area contributed by atoms with E-state index in [1.807, 2.05) is 13.8 Å². The molecule has 5 heteroatoms. The Morgan fingerprint density at radius 1 is 1.72 bits per heavy atom. The lowest BCUT2D eigenvalue weighted by atomic mass is 9.93. The topological polar surface area (TPSA) is 61.8 Å². The Balaban J connectivity index is 2.77. The van der Waals surface area contributed by atoms with Gasteiger partial charge in [-0.1, -0.05) is 0 Å². The van der Waals surface area contributed by atoms with Crippen LogP contribution in [0.1, 0.15) is 26.7 Å². The van der Waals surface area contributed by atoms with Gasteiger partial charge in [-0.25, -0.2) is 0 Å².